The molecule has 1 N–H and O–H groups in total. The molecule has 0 spiro atoms. The number of anilines is 4. The third-order valence-electron chi connectivity index (χ3n) is 10.5. The van der Waals surface area contributed by atoms with Crippen LogP contribution in [0.25, 0.3) is 11.1 Å². The highest BCUT2D eigenvalue weighted by atomic mass is 19.1. The molecule has 0 saturated carbocycles. The van der Waals surface area contributed by atoms with E-state index in [2.05, 4.69) is 38.5 Å². The summed E-state index contributed by atoms with van der Waals surface area (Å²) >= 11 is 0. The minimum absolute atomic E-state index is 0.140. The van der Waals surface area contributed by atoms with E-state index in [1.807, 2.05) is 24.4 Å². The smallest absolute Gasteiger partial charge is 0.274 e. The molecule has 2 saturated heterocycles. The molecule has 10 nitrogen and oxygen atoms in total. The molecule has 3 aliphatic heterocycles. The molecule has 0 bridgehead atoms. The second-order valence-corrected chi connectivity index (χ2v) is 13.6. The first kappa shape index (κ1) is 30.8. The SMILES string of the molecule is [CH2]c1c(-c2cc(Nc3ccc(N4CCN(C5COC5)C[C@@H]4C)cn3)c(=O)n(C)c2)cc(F)cc1N1CCn2c(cc3c2CCCC3)C1=O. The molecule has 6 heterocycles. The molecule has 249 valence electrons. The number of benzene rings is 1. The molecule has 1 aliphatic carbocycles. The van der Waals surface area contributed by atoms with Crippen molar-refractivity contribution < 1.29 is 13.9 Å². The van der Waals surface area contributed by atoms with Gasteiger partial charge in [-0.05, 0) is 92.6 Å². The van der Waals surface area contributed by atoms with Gasteiger partial charge < -0.3 is 29.0 Å². The summed E-state index contributed by atoms with van der Waals surface area (Å²) in [7, 11) is 1.66. The number of amides is 1. The van der Waals surface area contributed by atoms with Crippen molar-refractivity contribution in [2.24, 2.45) is 7.05 Å². The zero-order chi connectivity index (χ0) is 33.1. The molecule has 4 aromatic rings. The topological polar surface area (TPSA) is 87.9 Å². The maximum Gasteiger partial charge on any atom is 0.274 e. The summed E-state index contributed by atoms with van der Waals surface area (Å²) in [6.07, 6.45) is 7.76. The maximum absolute atomic E-state index is 15.3. The van der Waals surface area contributed by atoms with Crippen LogP contribution in [-0.2, 0) is 31.2 Å². The molecule has 48 heavy (non-hydrogen) atoms. The Morgan fingerprint density at radius 1 is 1.02 bits per heavy atom. The van der Waals surface area contributed by atoms with E-state index in [4.69, 9.17) is 4.74 Å². The summed E-state index contributed by atoms with van der Waals surface area (Å²) < 4.78 is 24.3. The Kier molecular flexibility index (Phi) is 7.83. The van der Waals surface area contributed by atoms with Gasteiger partial charge in [0.1, 0.15) is 23.0 Å². The predicted octanol–water partition coefficient (Wildman–Crippen LogP) is 4.76. The van der Waals surface area contributed by atoms with Crippen molar-refractivity contribution in [3.63, 3.8) is 0 Å². The monoisotopic (exact) mass is 650 g/mol. The fraction of sp³-hybridized carbons (Fsp3) is 0.405. The largest absolute Gasteiger partial charge is 0.378 e. The summed E-state index contributed by atoms with van der Waals surface area (Å²) in [6, 6.07) is 11.3. The number of aromatic nitrogens is 3. The minimum atomic E-state index is -0.475. The summed E-state index contributed by atoms with van der Waals surface area (Å²) in [6.45, 7) is 12.2. The van der Waals surface area contributed by atoms with Crippen LogP contribution >= 0.6 is 0 Å². The van der Waals surface area contributed by atoms with Crippen molar-refractivity contribution in [3.05, 3.63) is 94.4 Å². The third-order valence-corrected chi connectivity index (χ3v) is 10.5. The average Bonchev–Trinajstić information content (AvgIpc) is 3.44. The van der Waals surface area contributed by atoms with E-state index in [9.17, 15) is 9.59 Å². The fourth-order valence-corrected chi connectivity index (χ4v) is 7.84. The van der Waals surface area contributed by atoms with Crippen LogP contribution in [0.5, 0.6) is 0 Å². The van der Waals surface area contributed by atoms with E-state index in [1.165, 1.54) is 28.0 Å². The highest BCUT2D eigenvalue weighted by molar-refractivity contribution is 6.07. The van der Waals surface area contributed by atoms with E-state index in [1.54, 1.807) is 24.2 Å². The van der Waals surface area contributed by atoms with E-state index < -0.39 is 5.82 Å². The second-order valence-electron chi connectivity index (χ2n) is 13.6. The Morgan fingerprint density at radius 2 is 1.85 bits per heavy atom. The Labute approximate surface area is 279 Å². The van der Waals surface area contributed by atoms with Crippen molar-refractivity contribution in [2.45, 2.75) is 51.2 Å². The van der Waals surface area contributed by atoms with Gasteiger partial charge in [-0.3, -0.25) is 14.5 Å². The number of carbonyl (C=O) groups excluding carboxylic acids is 1. The summed E-state index contributed by atoms with van der Waals surface area (Å²) in [5.74, 6) is -0.0823. The number of rotatable bonds is 6. The van der Waals surface area contributed by atoms with Gasteiger partial charge in [0.05, 0.1) is 36.8 Å². The van der Waals surface area contributed by atoms with Gasteiger partial charge in [-0.25, -0.2) is 9.37 Å². The number of carbonyl (C=O) groups is 1. The lowest BCUT2D eigenvalue weighted by molar-refractivity contribution is -0.0691. The van der Waals surface area contributed by atoms with Crippen molar-refractivity contribution in [1.82, 2.24) is 19.0 Å². The number of fused-ring (bicyclic) bond motifs is 3. The molecule has 8 rings (SSSR count). The van der Waals surface area contributed by atoms with Crippen LogP contribution in [0.1, 0.15) is 47.1 Å². The summed E-state index contributed by atoms with van der Waals surface area (Å²) in [5, 5.41) is 3.19. The van der Waals surface area contributed by atoms with Crippen LogP contribution in [0.4, 0.5) is 27.3 Å². The number of aryl methyl sites for hydroxylation is 2. The normalized spacial score (nSPS) is 20.0. The van der Waals surface area contributed by atoms with E-state index >= 15 is 4.39 Å². The zero-order valence-electron chi connectivity index (χ0n) is 27.5. The number of nitrogens with one attached hydrogen (secondary N) is 1. The van der Waals surface area contributed by atoms with Crippen LogP contribution in [0.2, 0.25) is 0 Å². The number of hydrogen-bond donors (Lipinski definition) is 1. The highest BCUT2D eigenvalue weighted by Crippen LogP contribution is 2.36. The van der Waals surface area contributed by atoms with Gasteiger partial charge in [0.2, 0.25) is 0 Å². The van der Waals surface area contributed by atoms with Gasteiger partial charge in [-0.2, -0.15) is 0 Å². The molecule has 4 aliphatic rings. The van der Waals surface area contributed by atoms with Crippen LogP contribution in [0, 0.1) is 12.7 Å². The molecule has 1 atom stereocenters. The lowest BCUT2D eigenvalue weighted by Crippen LogP contribution is -2.59. The Balaban J connectivity index is 1.04. The quantitative estimate of drug-likeness (QED) is 0.322. The van der Waals surface area contributed by atoms with E-state index in [-0.39, 0.29) is 11.5 Å². The van der Waals surface area contributed by atoms with Gasteiger partial charge in [0.25, 0.3) is 11.5 Å². The van der Waals surface area contributed by atoms with Crippen molar-refractivity contribution in [1.29, 1.82) is 0 Å². The molecular weight excluding hydrogens is 609 g/mol. The average molecular weight is 651 g/mol. The van der Waals surface area contributed by atoms with Gasteiger partial charge in [0.15, 0.2) is 0 Å². The van der Waals surface area contributed by atoms with Crippen LogP contribution < -0.4 is 20.7 Å². The Bertz CT molecular complexity index is 1950. The third kappa shape index (κ3) is 5.38. The fourth-order valence-electron chi connectivity index (χ4n) is 7.84. The lowest BCUT2D eigenvalue weighted by atomic mass is 9.98. The summed E-state index contributed by atoms with van der Waals surface area (Å²) in [5.41, 5.74) is 6.37. The van der Waals surface area contributed by atoms with Crippen molar-refractivity contribution >= 4 is 28.8 Å². The van der Waals surface area contributed by atoms with Crippen LogP contribution in [0.15, 0.2) is 53.6 Å². The number of ether oxygens (including phenoxy) is 1. The minimum Gasteiger partial charge on any atom is -0.378 e. The first-order chi connectivity index (χ1) is 23.2. The molecule has 1 amide bonds. The van der Waals surface area contributed by atoms with Gasteiger partial charge in [0, 0.05) is 63.3 Å². The highest BCUT2D eigenvalue weighted by Gasteiger charge is 2.33. The first-order valence-corrected chi connectivity index (χ1v) is 17.0. The molecule has 2 fully saturated rings. The maximum atomic E-state index is 15.3. The first-order valence-electron chi connectivity index (χ1n) is 17.0. The van der Waals surface area contributed by atoms with E-state index in [0.29, 0.717) is 64.8 Å². The second kappa shape index (κ2) is 12.2. The lowest BCUT2D eigenvalue weighted by Gasteiger charge is -2.46. The van der Waals surface area contributed by atoms with Gasteiger partial charge >= 0.3 is 0 Å². The van der Waals surface area contributed by atoms with Crippen molar-refractivity contribution in [3.8, 4) is 11.1 Å². The van der Waals surface area contributed by atoms with Gasteiger partial charge in [-0.1, -0.05) is 0 Å². The molecule has 3 aromatic heterocycles. The van der Waals surface area contributed by atoms with Crippen molar-refractivity contribution in [2.75, 3.05) is 54.5 Å². The number of piperazine rings is 1. The Hall–Kier alpha value is -4.48. The standard InChI is InChI=1S/C37H41FN7O3/c1-23-19-42(29-21-48-22-29)10-11-43(23)28-8-9-35(39-18-28)40-31-14-26(20-41(3)36(31)46)30-16-27(38)17-33(24(30)2)45-13-12-44-32-7-5-4-6-25(32)15-34(44)37(45)47/h8-9,14-18,20,23,29H,2,4-7,10-13,19,21-22H2,1,3H3,(H,39,40)/t23-/m0/s1. The number of pyridine rings is 2. The molecule has 1 radical (unpaired) electrons. The number of halogens is 1. The Morgan fingerprint density at radius 3 is 2.60 bits per heavy atom. The molecule has 0 unspecified atom stereocenters. The molecular formula is C37H41FN7O3. The van der Waals surface area contributed by atoms with Gasteiger partial charge in [-0.15, -0.1) is 0 Å². The molecule has 11 heteroatoms. The number of nitrogens with zero attached hydrogens (tertiary/aromatic N) is 6. The van der Waals surface area contributed by atoms with E-state index in [0.717, 1.165) is 64.2 Å². The van der Waals surface area contributed by atoms with Crippen LogP contribution in [-0.4, -0.2) is 76.4 Å². The summed E-state index contributed by atoms with van der Waals surface area (Å²) in [4.78, 5) is 38.2. The van der Waals surface area contributed by atoms with Crippen LogP contribution in [0.3, 0.4) is 0 Å². The molecule has 1 aromatic carbocycles. The zero-order valence-corrected chi connectivity index (χ0v) is 27.5. The predicted molar refractivity (Wildman–Crippen MR) is 185 cm³/mol. The number of hydrogen-bond acceptors (Lipinski definition) is 7.